The molecule has 21 heavy (non-hydrogen) atoms. The Kier molecular flexibility index (Phi) is 3.50. The molecule has 3 nitrogen and oxygen atoms in total. The summed E-state index contributed by atoms with van der Waals surface area (Å²) in [4.78, 5) is 4.68. The average Bonchev–Trinajstić information content (AvgIpc) is 2.87. The molecule has 1 aliphatic heterocycles. The molecular weight excluding hydrogens is 287 g/mol. The first-order valence-corrected chi connectivity index (χ1v) is 7.90. The number of aromatic nitrogens is 1. The first-order valence-electron chi connectivity index (χ1n) is 7.02. The molecule has 1 aromatic carbocycles. The summed E-state index contributed by atoms with van der Waals surface area (Å²) >= 11 is 1.63. The number of nitrogens with zero attached hydrogens (tertiary/aromatic N) is 1. The monoisotopic (exact) mass is 306 g/mol. The Morgan fingerprint density at radius 1 is 1.38 bits per heavy atom. The fraction of sp³-hybridized carbons (Fsp3) is 0.438. The van der Waals surface area contributed by atoms with E-state index in [4.69, 9.17) is 10.5 Å². The largest absolute Gasteiger partial charge is 0.484 e. The summed E-state index contributed by atoms with van der Waals surface area (Å²) in [6, 6.07) is 4.37. The Morgan fingerprint density at radius 2 is 2.14 bits per heavy atom. The van der Waals surface area contributed by atoms with Gasteiger partial charge in [0.25, 0.3) is 0 Å². The molecule has 3 rings (SSSR count). The number of fused-ring (bicyclic) bond motifs is 1. The van der Waals surface area contributed by atoms with Crippen LogP contribution in [0.5, 0.6) is 5.75 Å². The molecule has 0 bridgehead atoms. The second kappa shape index (κ2) is 5.07. The standard InChI is InChI=1S/C16H19FN2OS/c1-16(2,3)15-19-12(8-21-15)14-7-11(18)10-5-4-9(17)6-13(10)20-14/h4-6,8,11,14H,7,18H2,1-3H3/t11-,14?/m0/s1. The molecule has 0 saturated heterocycles. The molecule has 2 atom stereocenters. The zero-order valence-corrected chi connectivity index (χ0v) is 13.2. The molecule has 0 fully saturated rings. The molecule has 1 aliphatic rings. The molecule has 2 aromatic rings. The number of benzene rings is 1. The van der Waals surface area contributed by atoms with Crippen molar-refractivity contribution in [1.82, 2.24) is 4.98 Å². The van der Waals surface area contributed by atoms with Crippen LogP contribution in [0.15, 0.2) is 23.6 Å². The minimum atomic E-state index is -0.310. The van der Waals surface area contributed by atoms with E-state index in [2.05, 4.69) is 25.8 Å². The third-order valence-electron chi connectivity index (χ3n) is 3.61. The Balaban J connectivity index is 1.90. The average molecular weight is 306 g/mol. The molecular formula is C16H19FN2OS. The summed E-state index contributed by atoms with van der Waals surface area (Å²) < 4.78 is 19.3. The van der Waals surface area contributed by atoms with Crippen molar-refractivity contribution >= 4 is 11.3 Å². The van der Waals surface area contributed by atoms with E-state index in [1.54, 1.807) is 17.4 Å². The van der Waals surface area contributed by atoms with Gasteiger partial charge in [0.15, 0.2) is 0 Å². The van der Waals surface area contributed by atoms with E-state index in [0.29, 0.717) is 12.2 Å². The summed E-state index contributed by atoms with van der Waals surface area (Å²) in [5, 5.41) is 3.09. The minimum Gasteiger partial charge on any atom is -0.484 e. The lowest BCUT2D eigenvalue weighted by molar-refractivity contribution is 0.157. The third kappa shape index (κ3) is 2.80. The third-order valence-corrected chi connectivity index (χ3v) is 4.89. The predicted octanol–water partition coefficient (Wildman–Crippen LogP) is 4.10. The van der Waals surface area contributed by atoms with Crippen molar-refractivity contribution in [1.29, 1.82) is 0 Å². The topological polar surface area (TPSA) is 48.1 Å². The summed E-state index contributed by atoms with van der Waals surface area (Å²) in [6.45, 7) is 6.40. The van der Waals surface area contributed by atoms with Gasteiger partial charge in [0.2, 0.25) is 0 Å². The maximum absolute atomic E-state index is 13.4. The molecule has 0 radical (unpaired) electrons. The van der Waals surface area contributed by atoms with E-state index >= 15 is 0 Å². The second-order valence-corrected chi connectivity index (χ2v) is 7.32. The fourth-order valence-electron chi connectivity index (χ4n) is 2.44. The van der Waals surface area contributed by atoms with Crippen LogP contribution in [0.2, 0.25) is 0 Å². The highest BCUT2D eigenvalue weighted by Crippen LogP contribution is 2.40. The van der Waals surface area contributed by atoms with Crippen molar-refractivity contribution in [2.45, 2.75) is 44.8 Å². The van der Waals surface area contributed by atoms with Gasteiger partial charge in [0.05, 0.1) is 10.7 Å². The highest BCUT2D eigenvalue weighted by atomic mass is 32.1. The lowest BCUT2D eigenvalue weighted by Gasteiger charge is -2.29. The van der Waals surface area contributed by atoms with Gasteiger partial charge in [0.1, 0.15) is 17.7 Å². The maximum Gasteiger partial charge on any atom is 0.143 e. The normalized spacial score (nSPS) is 21.8. The number of hydrogen-bond donors (Lipinski definition) is 1. The maximum atomic E-state index is 13.4. The Hall–Kier alpha value is -1.46. The van der Waals surface area contributed by atoms with Gasteiger partial charge in [-0.1, -0.05) is 26.8 Å². The van der Waals surface area contributed by atoms with Crippen LogP contribution in [0.3, 0.4) is 0 Å². The van der Waals surface area contributed by atoms with Crippen molar-refractivity contribution < 1.29 is 9.13 Å². The van der Waals surface area contributed by atoms with E-state index in [9.17, 15) is 4.39 Å². The summed E-state index contributed by atoms with van der Waals surface area (Å²) in [5.41, 5.74) is 7.95. The molecule has 1 unspecified atom stereocenters. The van der Waals surface area contributed by atoms with Crippen LogP contribution in [0, 0.1) is 5.82 Å². The zero-order valence-electron chi connectivity index (χ0n) is 12.4. The van der Waals surface area contributed by atoms with E-state index < -0.39 is 0 Å². The summed E-state index contributed by atoms with van der Waals surface area (Å²) in [7, 11) is 0. The van der Waals surface area contributed by atoms with Crippen molar-refractivity contribution in [2.24, 2.45) is 5.73 Å². The van der Waals surface area contributed by atoms with E-state index in [1.807, 2.05) is 5.38 Å². The number of ether oxygens (including phenoxy) is 1. The molecule has 0 aliphatic carbocycles. The number of hydrogen-bond acceptors (Lipinski definition) is 4. The van der Waals surface area contributed by atoms with Crippen LogP contribution in [-0.4, -0.2) is 4.98 Å². The first kappa shape index (κ1) is 14.5. The molecule has 112 valence electrons. The van der Waals surface area contributed by atoms with E-state index in [-0.39, 0.29) is 23.4 Å². The van der Waals surface area contributed by atoms with Gasteiger partial charge in [-0.3, -0.25) is 0 Å². The van der Waals surface area contributed by atoms with Crippen LogP contribution >= 0.6 is 11.3 Å². The second-order valence-electron chi connectivity index (χ2n) is 6.46. The van der Waals surface area contributed by atoms with Gasteiger partial charge in [0, 0.05) is 34.9 Å². The van der Waals surface area contributed by atoms with Crippen molar-refractivity contribution in [2.75, 3.05) is 0 Å². The fourth-order valence-corrected chi connectivity index (χ4v) is 3.38. The van der Waals surface area contributed by atoms with Gasteiger partial charge < -0.3 is 10.5 Å². The van der Waals surface area contributed by atoms with Crippen molar-refractivity contribution in [3.05, 3.63) is 45.7 Å². The molecule has 0 saturated carbocycles. The molecule has 0 amide bonds. The zero-order chi connectivity index (χ0) is 15.2. The van der Waals surface area contributed by atoms with Gasteiger partial charge in [-0.25, -0.2) is 9.37 Å². The number of nitrogens with two attached hydrogens (primary N) is 1. The first-order chi connectivity index (χ1) is 9.84. The van der Waals surface area contributed by atoms with Crippen molar-refractivity contribution in [3.63, 3.8) is 0 Å². The van der Waals surface area contributed by atoms with Gasteiger partial charge in [-0.15, -0.1) is 11.3 Å². The van der Waals surface area contributed by atoms with Crippen LogP contribution in [0.1, 0.15) is 55.6 Å². The molecule has 5 heteroatoms. The molecule has 1 aromatic heterocycles. The lowest BCUT2D eigenvalue weighted by Crippen LogP contribution is -2.24. The Morgan fingerprint density at radius 3 is 2.81 bits per heavy atom. The van der Waals surface area contributed by atoms with Crippen molar-refractivity contribution in [3.8, 4) is 5.75 Å². The summed E-state index contributed by atoms with van der Waals surface area (Å²) in [6.07, 6.45) is 0.452. The van der Waals surface area contributed by atoms with Crippen LogP contribution in [0.4, 0.5) is 4.39 Å². The summed E-state index contributed by atoms with van der Waals surface area (Å²) in [5.74, 6) is 0.222. The highest BCUT2D eigenvalue weighted by molar-refractivity contribution is 7.09. The molecule has 2 N–H and O–H groups in total. The molecule has 2 heterocycles. The van der Waals surface area contributed by atoms with Gasteiger partial charge in [-0.2, -0.15) is 0 Å². The van der Waals surface area contributed by atoms with E-state index in [0.717, 1.165) is 16.3 Å². The molecule has 0 spiro atoms. The van der Waals surface area contributed by atoms with Gasteiger partial charge >= 0.3 is 0 Å². The Labute approximate surface area is 128 Å². The highest BCUT2D eigenvalue weighted by Gasteiger charge is 2.30. The lowest BCUT2D eigenvalue weighted by atomic mass is 9.95. The SMILES string of the molecule is CC(C)(C)c1nc(C2C[C@H](N)c3ccc(F)cc3O2)cs1. The number of halogens is 1. The van der Waals surface area contributed by atoms with E-state index in [1.165, 1.54) is 12.1 Å². The number of thiazole rings is 1. The number of rotatable bonds is 1. The van der Waals surface area contributed by atoms with Gasteiger partial charge in [-0.05, 0) is 6.07 Å². The smallest absolute Gasteiger partial charge is 0.143 e. The Bertz CT molecular complexity index is 663. The minimum absolute atomic E-state index is 0.0176. The van der Waals surface area contributed by atoms with Crippen LogP contribution in [-0.2, 0) is 5.41 Å². The quantitative estimate of drug-likeness (QED) is 0.862. The van der Waals surface area contributed by atoms with Crippen LogP contribution in [0.25, 0.3) is 0 Å². The van der Waals surface area contributed by atoms with Crippen LogP contribution < -0.4 is 10.5 Å². The predicted molar refractivity (Wildman–Crippen MR) is 82.1 cm³/mol.